The summed E-state index contributed by atoms with van der Waals surface area (Å²) in [6, 6.07) is 6.58. The van der Waals surface area contributed by atoms with Crippen LogP contribution in [0.5, 0.6) is 0 Å². The van der Waals surface area contributed by atoms with Crippen LogP contribution in [0, 0.1) is 0 Å². The Morgan fingerprint density at radius 1 is 1.14 bits per heavy atom. The number of hydrogen-bond donors (Lipinski definition) is 2. The van der Waals surface area contributed by atoms with Gasteiger partial charge in [0.25, 0.3) is 5.89 Å². The summed E-state index contributed by atoms with van der Waals surface area (Å²) in [6.45, 7) is 6.00. The Morgan fingerprint density at radius 3 is 2.66 bits per heavy atom. The largest absolute Gasteiger partial charge is 0.402 e. The zero-order valence-electron chi connectivity index (χ0n) is 16.6. The van der Waals surface area contributed by atoms with Crippen LogP contribution < -0.4 is 11.1 Å². The maximum Gasteiger partial charge on any atom is 0.315 e. The molecule has 2 aromatic heterocycles. The number of nitrogens with one attached hydrogen (secondary N) is 1. The van der Waals surface area contributed by atoms with E-state index >= 15 is 0 Å². The average Bonchev–Trinajstić information content (AvgIpc) is 3.22. The Kier molecular flexibility index (Phi) is 4.60. The molecule has 3 heterocycles. The number of nitrogen functional groups attached to an aromatic ring is 1. The van der Waals surface area contributed by atoms with Crippen molar-refractivity contribution in [2.45, 2.75) is 44.8 Å². The first-order chi connectivity index (χ1) is 14.1. The van der Waals surface area contributed by atoms with Gasteiger partial charge in [-0.2, -0.15) is 0 Å². The van der Waals surface area contributed by atoms with Crippen molar-refractivity contribution in [1.29, 1.82) is 0 Å². The van der Waals surface area contributed by atoms with E-state index in [4.69, 9.17) is 24.6 Å². The molecule has 1 saturated heterocycles. The Balaban J connectivity index is 1.47. The van der Waals surface area contributed by atoms with Crippen molar-refractivity contribution < 1.29 is 13.9 Å². The Hall–Kier alpha value is -2.71. The molecule has 1 saturated carbocycles. The maximum absolute atomic E-state index is 6.42. The summed E-state index contributed by atoms with van der Waals surface area (Å²) >= 11 is 0. The standard InChI is InChI=1S/C21H25N5O3/c1-11(2)14-7-13(12-3-4-12)8-15-16(22)9-17(24-19(14)15)20-25-26-21(29-20)23-10-18-27-5-6-28-18/h7-9,11-12,18H,3-6,10H2,1-2H3,(H2,22,24)(H,23,26). The molecule has 0 amide bonds. The minimum absolute atomic E-state index is 0.297. The lowest BCUT2D eigenvalue weighted by atomic mass is 9.94. The molecule has 1 aliphatic heterocycles. The minimum atomic E-state index is -0.297. The van der Waals surface area contributed by atoms with Crippen molar-refractivity contribution in [3.63, 3.8) is 0 Å². The summed E-state index contributed by atoms with van der Waals surface area (Å²) in [5.74, 6) is 1.33. The van der Waals surface area contributed by atoms with Crippen LogP contribution in [0.25, 0.3) is 22.5 Å². The highest BCUT2D eigenvalue weighted by Gasteiger charge is 2.26. The lowest BCUT2D eigenvalue weighted by Crippen LogP contribution is -2.20. The number of aromatic nitrogens is 3. The number of nitrogens with zero attached hydrogens (tertiary/aromatic N) is 3. The second kappa shape index (κ2) is 7.27. The van der Waals surface area contributed by atoms with Gasteiger partial charge in [-0.25, -0.2) is 4.98 Å². The van der Waals surface area contributed by atoms with Gasteiger partial charge in [0.15, 0.2) is 6.29 Å². The highest BCUT2D eigenvalue weighted by Crippen LogP contribution is 2.43. The number of hydrogen-bond acceptors (Lipinski definition) is 8. The molecule has 5 rings (SSSR count). The number of nitrogens with two attached hydrogens (primary N) is 1. The zero-order valence-corrected chi connectivity index (χ0v) is 16.6. The predicted molar refractivity (Wildman–Crippen MR) is 110 cm³/mol. The Morgan fingerprint density at radius 2 is 1.93 bits per heavy atom. The Bertz CT molecular complexity index is 1040. The number of pyridine rings is 1. The van der Waals surface area contributed by atoms with Crippen LogP contribution in [0.4, 0.5) is 11.7 Å². The van der Waals surface area contributed by atoms with Crippen molar-refractivity contribution in [2.75, 3.05) is 30.8 Å². The van der Waals surface area contributed by atoms with Gasteiger partial charge < -0.3 is 24.9 Å². The van der Waals surface area contributed by atoms with E-state index in [0.717, 1.165) is 10.9 Å². The summed E-state index contributed by atoms with van der Waals surface area (Å²) in [7, 11) is 0. The molecule has 29 heavy (non-hydrogen) atoms. The topological polar surface area (TPSA) is 108 Å². The molecule has 152 valence electrons. The molecule has 0 unspecified atom stereocenters. The highest BCUT2D eigenvalue weighted by atomic mass is 16.7. The molecule has 0 bridgehead atoms. The van der Waals surface area contributed by atoms with E-state index in [1.54, 1.807) is 0 Å². The normalized spacial score (nSPS) is 17.5. The highest BCUT2D eigenvalue weighted by molar-refractivity contribution is 5.95. The smallest absolute Gasteiger partial charge is 0.315 e. The molecule has 2 fully saturated rings. The molecule has 0 radical (unpaired) electrons. The van der Waals surface area contributed by atoms with Crippen LogP contribution in [0.2, 0.25) is 0 Å². The first-order valence-electron chi connectivity index (χ1n) is 10.1. The molecule has 2 aliphatic rings. The molecule has 1 aliphatic carbocycles. The zero-order chi connectivity index (χ0) is 20.0. The van der Waals surface area contributed by atoms with Gasteiger partial charge in [-0.15, -0.1) is 5.10 Å². The quantitative estimate of drug-likeness (QED) is 0.651. The van der Waals surface area contributed by atoms with Crippen molar-refractivity contribution in [1.82, 2.24) is 15.2 Å². The predicted octanol–water partition coefficient (Wildman–Crippen LogP) is 3.65. The fraction of sp³-hybridized carbons (Fsp3) is 0.476. The molecular weight excluding hydrogens is 370 g/mol. The number of benzene rings is 1. The van der Waals surface area contributed by atoms with E-state index in [9.17, 15) is 0 Å². The summed E-state index contributed by atoms with van der Waals surface area (Å²) in [5.41, 5.74) is 11.1. The first kappa shape index (κ1) is 18.3. The van der Waals surface area contributed by atoms with Gasteiger partial charge in [-0.05, 0) is 47.9 Å². The molecule has 0 spiro atoms. The SMILES string of the molecule is CC(C)c1cc(C2CC2)cc2c(N)cc(-c3nnc(NCC4OCCO4)o3)nc12. The molecule has 8 nitrogen and oxygen atoms in total. The third-order valence-corrected chi connectivity index (χ3v) is 5.42. The lowest BCUT2D eigenvalue weighted by molar-refractivity contribution is -0.0302. The second-order valence-electron chi connectivity index (χ2n) is 8.00. The summed E-state index contributed by atoms with van der Waals surface area (Å²) in [5, 5.41) is 12.2. The van der Waals surface area contributed by atoms with Gasteiger partial charge in [-0.1, -0.05) is 25.0 Å². The van der Waals surface area contributed by atoms with Crippen LogP contribution >= 0.6 is 0 Å². The maximum atomic E-state index is 6.42. The van der Waals surface area contributed by atoms with E-state index in [1.165, 1.54) is 24.0 Å². The lowest BCUT2D eigenvalue weighted by Gasteiger charge is -2.14. The first-order valence-corrected chi connectivity index (χ1v) is 10.1. The van der Waals surface area contributed by atoms with Crippen LogP contribution in [0.3, 0.4) is 0 Å². The molecular formula is C21H25N5O3. The molecule has 8 heteroatoms. The minimum Gasteiger partial charge on any atom is -0.402 e. The van der Waals surface area contributed by atoms with Crippen molar-refractivity contribution in [3.05, 3.63) is 29.3 Å². The second-order valence-corrected chi connectivity index (χ2v) is 8.00. The van der Waals surface area contributed by atoms with Crippen LogP contribution in [-0.2, 0) is 9.47 Å². The third kappa shape index (κ3) is 3.65. The van der Waals surface area contributed by atoms with Crippen molar-refractivity contribution in [2.24, 2.45) is 0 Å². The van der Waals surface area contributed by atoms with Crippen LogP contribution in [-0.4, -0.2) is 41.2 Å². The fourth-order valence-corrected chi connectivity index (χ4v) is 3.70. The Labute approximate surface area is 168 Å². The monoisotopic (exact) mass is 395 g/mol. The fourth-order valence-electron chi connectivity index (χ4n) is 3.70. The average molecular weight is 395 g/mol. The van der Waals surface area contributed by atoms with Gasteiger partial charge in [0, 0.05) is 11.1 Å². The van der Waals surface area contributed by atoms with Gasteiger partial charge in [0.1, 0.15) is 5.69 Å². The van der Waals surface area contributed by atoms with Gasteiger partial charge in [-0.3, -0.25) is 0 Å². The van der Waals surface area contributed by atoms with Crippen molar-refractivity contribution in [3.8, 4) is 11.6 Å². The van der Waals surface area contributed by atoms with E-state index in [-0.39, 0.29) is 6.29 Å². The number of anilines is 2. The summed E-state index contributed by atoms with van der Waals surface area (Å²) in [4.78, 5) is 4.85. The summed E-state index contributed by atoms with van der Waals surface area (Å²) in [6.07, 6.45) is 2.21. The van der Waals surface area contributed by atoms with E-state index in [0.29, 0.717) is 54.9 Å². The number of ether oxygens (including phenoxy) is 2. The van der Waals surface area contributed by atoms with Gasteiger partial charge >= 0.3 is 6.01 Å². The number of fused-ring (bicyclic) bond motifs is 1. The molecule has 3 aromatic rings. The van der Waals surface area contributed by atoms with E-state index in [2.05, 4.69) is 41.5 Å². The van der Waals surface area contributed by atoms with Crippen LogP contribution in [0.1, 0.15) is 49.7 Å². The van der Waals surface area contributed by atoms with E-state index in [1.807, 2.05) is 6.07 Å². The number of rotatable bonds is 6. The molecule has 1 aromatic carbocycles. The molecule has 0 atom stereocenters. The summed E-state index contributed by atoms with van der Waals surface area (Å²) < 4.78 is 16.5. The van der Waals surface area contributed by atoms with E-state index < -0.39 is 0 Å². The molecule has 3 N–H and O–H groups in total. The van der Waals surface area contributed by atoms with Crippen molar-refractivity contribution >= 4 is 22.6 Å². The van der Waals surface area contributed by atoms with Gasteiger partial charge in [0.05, 0.1) is 25.3 Å². The van der Waals surface area contributed by atoms with Crippen LogP contribution in [0.15, 0.2) is 22.6 Å². The van der Waals surface area contributed by atoms with Gasteiger partial charge in [0.2, 0.25) is 0 Å². The third-order valence-electron chi connectivity index (χ3n) is 5.42.